The molecule has 0 radical (unpaired) electrons. The number of anilines is 1. The molecule has 1 aliphatic heterocycles. The first-order chi connectivity index (χ1) is 15.7. The fourth-order valence-electron chi connectivity index (χ4n) is 3.44. The summed E-state index contributed by atoms with van der Waals surface area (Å²) in [6, 6.07) is 16.1. The maximum absolute atomic E-state index is 11.3. The van der Waals surface area contributed by atoms with Crippen LogP contribution in [0.25, 0.3) is 0 Å². The Kier molecular flexibility index (Phi) is 12.0. The average molecular weight is 567 g/mol. The van der Waals surface area contributed by atoms with Gasteiger partial charge in [-0.15, -0.1) is 24.0 Å². The molecule has 0 spiro atoms. The van der Waals surface area contributed by atoms with Gasteiger partial charge in [0.25, 0.3) is 0 Å². The summed E-state index contributed by atoms with van der Waals surface area (Å²) in [6.07, 6.45) is -0.483. The van der Waals surface area contributed by atoms with Gasteiger partial charge in [-0.1, -0.05) is 36.4 Å². The summed E-state index contributed by atoms with van der Waals surface area (Å²) in [5.74, 6) is 0.769. The van der Waals surface area contributed by atoms with Crippen LogP contribution in [0, 0.1) is 0 Å². The summed E-state index contributed by atoms with van der Waals surface area (Å²) < 4.78 is 10.1. The molecule has 1 amide bonds. The van der Waals surface area contributed by atoms with Crippen LogP contribution in [0.5, 0.6) is 0 Å². The molecular weight excluding hydrogens is 533 g/mol. The third-order valence-electron chi connectivity index (χ3n) is 5.21. The number of halogens is 1. The minimum Gasteiger partial charge on any atom is -0.453 e. The van der Waals surface area contributed by atoms with E-state index in [1.807, 2.05) is 24.3 Å². The summed E-state index contributed by atoms with van der Waals surface area (Å²) in [6.45, 7) is 8.55. The molecule has 8 nitrogen and oxygen atoms in total. The molecule has 180 valence electrons. The van der Waals surface area contributed by atoms with Crippen molar-refractivity contribution in [1.29, 1.82) is 0 Å². The average Bonchev–Trinajstić information content (AvgIpc) is 2.83. The van der Waals surface area contributed by atoms with Crippen molar-refractivity contribution >= 4 is 41.7 Å². The molecule has 33 heavy (non-hydrogen) atoms. The molecule has 1 heterocycles. The predicted molar refractivity (Wildman–Crippen MR) is 142 cm³/mol. The number of hydrogen-bond donors (Lipinski definition) is 3. The van der Waals surface area contributed by atoms with E-state index >= 15 is 0 Å². The van der Waals surface area contributed by atoms with Crippen LogP contribution in [0.3, 0.4) is 0 Å². The minimum atomic E-state index is -0.483. The third kappa shape index (κ3) is 9.18. The number of methoxy groups -OCH3 is 1. The van der Waals surface area contributed by atoms with Gasteiger partial charge in [-0.05, 0) is 35.7 Å². The highest BCUT2D eigenvalue weighted by molar-refractivity contribution is 14.0. The van der Waals surface area contributed by atoms with Gasteiger partial charge < -0.3 is 20.1 Å². The molecule has 1 fully saturated rings. The van der Waals surface area contributed by atoms with E-state index in [1.165, 1.54) is 18.2 Å². The van der Waals surface area contributed by atoms with E-state index in [-0.39, 0.29) is 24.0 Å². The second-order valence-electron chi connectivity index (χ2n) is 7.52. The number of carbonyl (C=O) groups excluding carboxylic acids is 1. The molecule has 1 saturated heterocycles. The number of aliphatic imine (C=N–C) groups is 1. The zero-order valence-corrected chi connectivity index (χ0v) is 21.6. The van der Waals surface area contributed by atoms with E-state index in [4.69, 9.17) is 9.73 Å². The Labute approximate surface area is 213 Å². The van der Waals surface area contributed by atoms with Crippen LogP contribution in [0.15, 0.2) is 53.5 Å². The number of guanidine groups is 1. The lowest BCUT2D eigenvalue weighted by Crippen LogP contribution is -2.38. The number of benzene rings is 2. The van der Waals surface area contributed by atoms with Gasteiger partial charge in [0.1, 0.15) is 0 Å². The lowest BCUT2D eigenvalue weighted by atomic mass is 10.1. The molecule has 2 aromatic carbocycles. The van der Waals surface area contributed by atoms with E-state index in [0.717, 1.165) is 50.9 Å². The van der Waals surface area contributed by atoms with Gasteiger partial charge in [-0.25, -0.2) is 9.79 Å². The Morgan fingerprint density at radius 3 is 2.42 bits per heavy atom. The fourth-order valence-corrected chi connectivity index (χ4v) is 3.44. The SMILES string of the molecule is CCNC(=NCc1ccc(NC(=O)OC)cc1)NCc1ccccc1CN1CCOCC1.I. The maximum atomic E-state index is 11.3. The van der Waals surface area contributed by atoms with Crippen molar-refractivity contribution < 1.29 is 14.3 Å². The Morgan fingerprint density at radius 1 is 1.06 bits per heavy atom. The highest BCUT2D eigenvalue weighted by atomic mass is 127. The van der Waals surface area contributed by atoms with Gasteiger partial charge in [0.05, 0.1) is 26.9 Å². The highest BCUT2D eigenvalue weighted by Gasteiger charge is 2.12. The Hall–Kier alpha value is -2.37. The number of amides is 1. The van der Waals surface area contributed by atoms with Crippen molar-refractivity contribution in [3.05, 3.63) is 65.2 Å². The molecular formula is C24H34IN5O3. The van der Waals surface area contributed by atoms with E-state index in [2.05, 4.69) is 56.8 Å². The van der Waals surface area contributed by atoms with Crippen LogP contribution in [0.2, 0.25) is 0 Å². The van der Waals surface area contributed by atoms with Gasteiger partial charge >= 0.3 is 6.09 Å². The Bertz CT molecular complexity index is 886. The van der Waals surface area contributed by atoms with E-state index < -0.39 is 6.09 Å². The van der Waals surface area contributed by atoms with Gasteiger partial charge in [0.15, 0.2) is 5.96 Å². The van der Waals surface area contributed by atoms with Gasteiger partial charge in [0.2, 0.25) is 0 Å². The highest BCUT2D eigenvalue weighted by Crippen LogP contribution is 2.13. The molecule has 1 aliphatic rings. The van der Waals surface area contributed by atoms with Crippen molar-refractivity contribution in [3.8, 4) is 0 Å². The number of nitrogens with one attached hydrogen (secondary N) is 3. The zero-order chi connectivity index (χ0) is 22.6. The first kappa shape index (κ1) is 26.9. The minimum absolute atomic E-state index is 0. The fraction of sp³-hybridized carbons (Fsp3) is 0.417. The molecule has 0 aliphatic carbocycles. The summed E-state index contributed by atoms with van der Waals surface area (Å²) in [4.78, 5) is 18.4. The molecule has 0 bridgehead atoms. The van der Waals surface area contributed by atoms with Gasteiger partial charge in [-0.3, -0.25) is 10.2 Å². The van der Waals surface area contributed by atoms with E-state index in [1.54, 1.807) is 0 Å². The van der Waals surface area contributed by atoms with E-state index in [9.17, 15) is 4.79 Å². The molecule has 0 aromatic heterocycles. The Morgan fingerprint density at radius 2 is 1.76 bits per heavy atom. The summed E-state index contributed by atoms with van der Waals surface area (Å²) >= 11 is 0. The smallest absolute Gasteiger partial charge is 0.411 e. The van der Waals surface area contributed by atoms with E-state index in [0.29, 0.717) is 18.8 Å². The molecule has 0 atom stereocenters. The van der Waals surface area contributed by atoms with Crippen molar-refractivity contribution in [1.82, 2.24) is 15.5 Å². The quantitative estimate of drug-likeness (QED) is 0.257. The molecule has 0 unspecified atom stereocenters. The van der Waals surface area contributed by atoms with Crippen molar-refractivity contribution in [2.24, 2.45) is 4.99 Å². The molecule has 0 saturated carbocycles. The zero-order valence-electron chi connectivity index (χ0n) is 19.3. The number of rotatable bonds is 8. The number of ether oxygens (including phenoxy) is 2. The predicted octanol–water partition coefficient (Wildman–Crippen LogP) is 3.57. The number of morpholine rings is 1. The third-order valence-corrected chi connectivity index (χ3v) is 5.21. The van der Waals surface area contributed by atoms with Crippen LogP contribution < -0.4 is 16.0 Å². The summed E-state index contributed by atoms with van der Waals surface area (Å²) in [5.41, 5.74) is 4.33. The van der Waals surface area contributed by atoms with Crippen LogP contribution in [0.4, 0.5) is 10.5 Å². The van der Waals surface area contributed by atoms with Crippen LogP contribution in [-0.4, -0.2) is 56.9 Å². The second kappa shape index (κ2) is 14.7. The number of carbonyl (C=O) groups is 1. The van der Waals surface area contributed by atoms with Crippen molar-refractivity contribution in [3.63, 3.8) is 0 Å². The summed E-state index contributed by atoms with van der Waals surface area (Å²) in [7, 11) is 1.34. The number of nitrogens with zero attached hydrogens (tertiary/aromatic N) is 2. The first-order valence-electron chi connectivity index (χ1n) is 11.0. The maximum Gasteiger partial charge on any atom is 0.411 e. The van der Waals surface area contributed by atoms with Gasteiger partial charge in [-0.2, -0.15) is 0 Å². The Balaban J connectivity index is 0.00000385. The topological polar surface area (TPSA) is 87.2 Å². The lowest BCUT2D eigenvalue weighted by molar-refractivity contribution is 0.0341. The van der Waals surface area contributed by atoms with Crippen LogP contribution in [-0.2, 0) is 29.1 Å². The number of hydrogen-bond acceptors (Lipinski definition) is 5. The van der Waals surface area contributed by atoms with Gasteiger partial charge in [0, 0.05) is 38.4 Å². The molecule has 3 rings (SSSR count). The first-order valence-corrected chi connectivity index (χ1v) is 11.0. The standard InChI is InChI=1S/C24H33N5O3.HI/c1-3-25-23(26-16-19-8-10-22(11-9-19)28-24(30)31-2)27-17-20-6-4-5-7-21(20)18-29-12-14-32-15-13-29;/h4-11H,3,12-18H2,1-2H3,(H,28,30)(H2,25,26,27);1H. The molecule has 9 heteroatoms. The second-order valence-corrected chi connectivity index (χ2v) is 7.52. The van der Waals surface area contributed by atoms with Crippen molar-refractivity contribution in [2.45, 2.75) is 26.6 Å². The summed E-state index contributed by atoms with van der Waals surface area (Å²) in [5, 5.41) is 9.40. The normalized spacial score (nSPS) is 14.2. The lowest BCUT2D eigenvalue weighted by Gasteiger charge is -2.27. The van der Waals surface area contributed by atoms with Crippen molar-refractivity contribution in [2.75, 3.05) is 45.3 Å². The molecule has 2 aromatic rings. The van der Waals surface area contributed by atoms with Crippen LogP contribution in [0.1, 0.15) is 23.6 Å². The monoisotopic (exact) mass is 567 g/mol. The van der Waals surface area contributed by atoms with Crippen LogP contribution >= 0.6 is 24.0 Å². The molecule has 3 N–H and O–H groups in total. The largest absolute Gasteiger partial charge is 0.453 e.